The molecule has 0 saturated heterocycles. The van der Waals surface area contributed by atoms with E-state index in [1.807, 2.05) is 0 Å². The topological polar surface area (TPSA) is 54.8 Å². The van der Waals surface area contributed by atoms with Crippen molar-refractivity contribution in [2.45, 2.75) is 0 Å². The van der Waals surface area contributed by atoms with E-state index >= 15 is 0 Å². The summed E-state index contributed by atoms with van der Waals surface area (Å²) in [7, 11) is -0.589. The molecule has 150 valence electrons. The van der Waals surface area contributed by atoms with Crippen LogP contribution in [0, 0.1) is 0 Å². The Morgan fingerprint density at radius 3 is 1.58 bits per heavy atom. The molecule has 0 unspecified atom stereocenters. The maximum absolute atomic E-state index is 4.70. The second-order valence-corrected chi connectivity index (χ2v) is 11.1. The number of nitrogens with zero attached hydrogens (tertiary/aromatic N) is 5. The van der Waals surface area contributed by atoms with Gasteiger partial charge in [-0.3, -0.25) is 0 Å². The molecule has 0 fully saturated rings. The van der Waals surface area contributed by atoms with Gasteiger partial charge < -0.3 is 4.57 Å². The molecule has 0 atom stereocenters. The maximum atomic E-state index is 4.70. The van der Waals surface area contributed by atoms with Crippen LogP contribution < -0.4 is 20.1 Å². The lowest BCUT2D eigenvalue weighted by Gasteiger charge is -2.42. The summed E-state index contributed by atoms with van der Waals surface area (Å²) < 4.78 is 2.33. The van der Waals surface area contributed by atoms with Gasteiger partial charge in [-0.2, -0.15) is 0 Å². The van der Waals surface area contributed by atoms with Gasteiger partial charge in [0.25, 0.3) is 8.24 Å². The summed E-state index contributed by atoms with van der Waals surface area (Å²) in [4.78, 5) is 18.0. The number of fused-ring (bicyclic) bond motifs is 1. The minimum Gasteiger partial charge on any atom is -0.372 e. The van der Waals surface area contributed by atoms with Gasteiger partial charge >= 0.3 is 0 Å². The Bertz CT molecular complexity index is 1200. The highest BCUT2D eigenvalue weighted by atomic mass is 28.3. The summed E-state index contributed by atoms with van der Waals surface area (Å²) in [6.07, 6.45) is 4.93. The van der Waals surface area contributed by atoms with Gasteiger partial charge in [-0.25, -0.2) is 19.9 Å². The molecule has 0 aliphatic heterocycles. The van der Waals surface area contributed by atoms with Crippen LogP contribution in [0.4, 0.5) is 5.82 Å². The van der Waals surface area contributed by atoms with Crippen LogP contribution in [0.2, 0.25) is 0 Å². The van der Waals surface area contributed by atoms with Gasteiger partial charge in [0.15, 0.2) is 11.5 Å². The van der Waals surface area contributed by atoms with E-state index in [9.17, 15) is 0 Å². The molecule has 5 aromatic rings. The number of benzene rings is 3. The third-order valence-corrected chi connectivity index (χ3v) is 10.4. The summed E-state index contributed by atoms with van der Waals surface area (Å²) in [5, 5.41) is 3.81. The molecule has 0 saturated carbocycles. The molecule has 0 N–H and O–H groups in total. The van der Waals surface area contributed by atoms with Crippen LogP contribution in [0.3, 0.4) is 0 Å². The number of hydrogen-bond donors (Lipinski definition) is 0. The van der Waals surface area contributed by atoms with Crippen molar-refractivity contribution in [3.8, 4) is 0 Å². The third-order valence-electron chi connectivity index (χ3n) is 5.65. The first-order valence-electron chi connectivity index (χ1n) is 10.1. The predicted molar refractivity (Wildman–Crippen MR) is 128 cm³/mol. The van der Waals surface area contributed by atoms with Crippen LogP contribution >= 0.6 is 0 Å². The van der Waals surface area contributed by atoms with Crippen LogP contribution in [0.1, 0.15) is 0 Å². The van der Waals surface area contributed by atoms with Gasteiger partial charge in [0.05, 0.1) is 0 Å². The largest absolute Gasteiger partial charge is 0.372 e. The van der Waals surface area contributed by atoms with Crippen molar-refractivity contribution >= 4 is 40.8 Å². The first kappa shape index (κ1) is 19.1. The molecule has 3 aromatic carbocycles. The molecule has 0 spiro atoms. The van der Waals surface area contributed by atoms with Crippen molar-refractivity contribution in [2.24, 2.45) is 0 Å². The van der Waals surface area contributed by atoms with Crippen molar-refractivity contribution in [3.05, 3.63) is 110 Å². The maximum Gasteiger partial charge on any atom is 0.254 e. The Kier molecular flexibility index (Phi) is 4.98. The van der Waals surface area contributed by atoms with Crippen LogP contribution in [0.15, 0.2) is 110 Å². The molecular weight excluding hydrogens is 398 g/mol. The lowest BCUT2D eigenvalue weighted by atomic mass is 10.3. The molecule has 0 radical (unpaired) electrons. The fourth-order valence-corrected chi connectivity index (χ4v) is 8.97. The second kappa shape index (κ2) is 8.08. The van der Waals surface area contributed by atoms with E-state index in [0.29, 0.717) is 11.2 Å². The minimum absolute atomic E-state index is 0.594. The normalized spacial score (nSPS) is 11.4. The first-order valence-corrected chi connectivity index (χ1v) is 12.1. The van der Waals surface area contributed by atoms with Gasteiger partial charge in [-0.1, -0.05) is 91.0 Å². The fraction of sp³-hybridized carbons (Fsp3) is 0.0400. The summed E-state index contributed by atoms with van der Waals surface area (Å²) in [6, 6.07) is 32.1. The molecule has 31 heavy (non-hydrogen) atoms. The number of rotatable bonds is 5. The zero-order valence-corrected chi connectivity index (χ0v) is 18.1. The van der Waals surface area contributed by atoms with Gasteiger partial charge in [0.1, 0.15) is 11.8 Å². The Morgan fingerprint density at radius 1 is 0.581 bits per heavy atom. The van der Waals surface area contributed by atoms with Crippen LogP contribution in [-0.2, 0) is 0 Å². The molecular formula is C25H21N5Si. The van der Waals surface area contributed by atoms with Crippen molar-refractivity contribution in [2.75, 3.05) is 11.6 Å². The van der Waals surface area contributed by atoms with Crippen LogP contribution in [0.25, 0.3) is 11.2 Å². The van der Waals surface area contributed by atoms with Crippen molar-refractivity contribution in [3.63, 3.8) is 0 Å². The molecule has 0 amide bonds. The van der Waals surface area contributed by atoms with E-state index in [0.717, 1.165) is 5.82 Å². The van der Waals surface area contributed by atoms with E-state index in [1.54, 1.807) is 18.7 Å². The summed E-state index contributed by atoms with van der Waals surface area (Å²) >= 11 is 0. The predicted octanol–water partition coefficient (Wildman–Crippen LogP) is 2.52. The van der Waals surface area contributed by atoms with Crippen LogP contribution in [-0.4, -0.2) is 35.2 Å². The van der Waals surface area contributed by atoms with Crippen molar-refractivity contribution in [1.29, 1.82) is 0 Å². The Labute approximate surface area is 182 Å². The fourth-order valence-electron chi connectivity index (χ4n) is 4.31. The van der Waals surface area contributed by atoms with E-state index in [4.69, 9.17) is 4.98 Å². The van der Waals surface area contributed by atoms with E-state index in [1.165, 1.54) is 15.6 Å². The zero-order valence-electron chi connectivity index (χ0n) is 17.1. The summed E-state index contributed by atoms with van der Waals surface area (Å²) in [5.74, 6) is 0.779. The lowest BCUT2D eigenvalue weighted by Crippen LogP contribution is -2.77. The highest BCUT2D eigenvalue weighted by Gasteiger charge is 2.45. The molecule has 2 heterocycles. The number of aromatic nitrogens is 4. The lowest BCUT2D eigenvalue weighted by molar-refractivity contribution is 1.10. The van der Waals surface area contributed by atoms with Crippen LogP contribution in [0.5, 0.6) is 0 Å². The molecule has 6 heteroatoms. The monoisotopic (exact) mass is 419 g/mol. The quantitative estimate of drug-likeness (QED) is 0.324. The van der Waals surface area contributed by atoms with Gasteiger partial charge in [-0.05, 0) is 15.6 Å². The number of anilines is 1. The van der Waals surface area contributed by atoms with E-state index in [-0.39, 0.29) is 0 Å². The molecule has 0 aliphatic carbocycles. The van der Waals surface area contributed by atoms with Gasteiger partial charge in [-0.15, -0.1) is 0 Å². The summed E-state index contributed by atoms with van der Waals surface area (Å²) in [6.45, 7) is 0. The standard InChI is InChI=1S/C25H21N5Si/c1-30(25-23-24(28-19-29-25)27-18-17-26-23)31(20-11-5-2-6-12-20,21-13-7-3-8-14-21)22-15-9-4-10-16-22/h2-19H,1H3. The SMILES string of the molecule is CN(c1ncnc2nccnc12)[Si](c1ccccc1)(c1ccccc1)c1ccccc1. The molecule has 0 aliphatic rings. The average molecular weight is 420 g/mol. The number of hydrogen-bond acceptors (Lipinski definition) is 5. The van der Waals surface area contributed by atoms with Crippen molar-refractivity contribution in [1.82, 2.24) is 19.9 Å². The van der Waals surface area contributed by atoms with Gasteiger partial charge in [0, 0.05) is 19.4 Å². The molecule has 5 nitrogen and oxygen atoms in total. The Balaban J connectivity index is 1.88. The average Bonchev–Trinajstić information content (AvgIpc) is 2.86. The molecule has 2 aromatic heterocycles. The van der Waals surface area contributed by atoms with E-state index < -0.39 is 8.24 Å². The molecule has 5 rings (SSSR count). The van der Waals surface area contributed by atoms with E-state index in [2.05, 4.69) is 118 Å². The smallest absolute Gasteiger partial charge is 0.254 e. The second-order valence-electron chi connectivity index (χ2n) is 7.29. The molecule has 0 bridgehead atoms. The highest BCUT2D eigenvalue weighted by molar-refractivity contribution is 7.13. The van der Waals surface area contributed by atoms with Gasteiger partial charge in [0.2, 0.25) is 0 Å². The zero-order chi connectivity index (χ0) is 21.1. The Hall–Kier alpha value is -3.90. The highest BCUT2D eigenvalue weighted by Crippen LogP contribution is 2.23. The first-order chi connectivity index (χ1) is 15.3. The summed E-state index contributed by atoms with van der Waals surface area (Å²) in [5.41, 5.74) is 1.30. The van der Waals surface area contributed by atoms with Crippen molar-refractivity contribution < 1.29 is 0 Å². The third kappa shape index (κ3) is 3.17. The minimum atomic E-state index is -2.71. The Morgan fingerprint density at radius 2 is 1.06 bits per heavy atom.